The fraction of sp³-hybridized carbons (Fsp3) is 0.435. The fourth-order valence-corrected chi connectivity index (χ4v) is 4.73. The molecular weight excluding hydrogens is 368 g/mol. The Bertz CT molecular complexity index is 960. The average Bonchev–Trinajstić information content (AvgIpc) is 2.67. The summed E-state index contributed by atoms with van der Waals surface area (Å²) < 4.78 is 0. The molecule has 0 aliphatic heterocycles. The van der Waals surface area contributed by atoms with Crippen molar-refractivity contribution in [3.05, 3.63) is 57.8 Å². The molecule has 5 heteroatoms. The molecule has 0 radical (unpaired) electrons. The van der Waals surface area contributed by atoms with Gasteiger partial charge in [-0.15, -0.1) is 0 Å². The smallest absolute Gasteiger partial charge is 0.204 e. The van der Waals surface area contributed by atoms with Crippen molar-refractivity contribution < 1.29 is 0 Å². The molecule has 0 spiro atoms. The molecule has 0 heterocycles. The maximum atomic E-state index is 9.93. The number of rotatable bonds is 1. The van der Waals surface area contributed by atoms with Gasteiger partial charge in [0.1, 0.15) is 0 Å². The highest BCUT2D eigenvalue weighted by Gasteiger charge is 2.53. The molecule has 28 heavy (non-hydrogen) atoms. The van der Waals surface area contributed by atoms with E-state index in [9.17, 15) is 15.8 Å². The van der Waals surface area contributed by atoms with Crippen LogP contribution in [-0.2, 0) is 0 Å². The third kappa shape index (κ3) is 2.97. The van der Waals surface area contributed by atoms with E-state index >= 15 is 0 Å². The maximum absolute atomic E-state index is 9.93. The van der Waals surface area contributed by atoms with Crippen LogP contribution in [0.25, 0.3) is 0 Å². The van der Waals surface area contributed by atoms with Gasteiger partial charge in [-0.3, -0.25) is 0 Å². The minimum Gasteiger partial charge on any atom is -0.399 e. The van der Waals surface area contributed by atoms with Crippen molar-refractivity contribution in [2.45, 2.75) is 39.5 Å². The third-order valence-corrected chi connectivity index (χ3v) is 6.56. The van der Waals surface area contributed by atoms with Crippen molar-refractivity contribution >= 4 is 11.6 Å². The Hall–Kier alpha value is -2.74. The summed E-state index contributed by atoms with van der Waals surface area (Å²) in [4.78, 5) is 0. The number of hydrogen-bond donors (Lipinski definition) is 1. The van der Waals surface area contributed by atoms with E-state index in [0.717, 1.165) is 24.0 Å². The molecule has 3 rings (SSSR count). The zero-order valence-electron chi connectivity index (χ0n) is 16.3. The number of benzene rings is 1. The molecule has 2 N–H and O–H groups in total. The van der Waals surface area contributed by atoms with E-state index in [-0.39, 0.29) is 22.9 Å². The molecule has 3 atom stereocenters. The molecule has 0 bridgehead atoms. The number of nitriles is 3. The Kier molecular flexibility index (Phi) is 5.01. The first-order valence-corrected chi connectivity index (χ1v) is 9.76. The Morgan fingerprint density at radius 2 is 1.71 bits per heavy atom. The molecule has 0 saturated heterocycles. The van der Waals surface area contributed by atoms with Crippen molar-refractivity contribution in [1.82, 2.24) is 0 Å². The molecule has 0 aromatic heterocycles. The lowest BCUT2D eigenvalue weighted by atomic mass is 9.55. The van der Waals surface area contributed by atoms with Crippen molar-refractivity contribution in [1.29, 1.82) is 15.8 Å². The predicted molar refractivity (Wildman–Crippen MR) is 108 cm³/mol. The number of hydrogen-bond acceptors (Lipinski definition) is 4. The number of halogens is 1. The SMILES string of the molecule is CC(C)(C)C1CC=C2[C@H](C1)[C@@H](c1ccc(Cl)cc1)C(C#N)=C(N)C2(C#N)C#N. The first kappa shape index (κ1) is 20.0. The molecule has 0 amide bonds. The molecule has 2 aliphatic rings. The maximum Gasteiger partial charge on any atom is 0.204 e. The largest absolute Gasteiger partial charge is 0.399 e. The molecule has 1 aromatic carbocycles. The summed E-state index contributed by atoms with van der Waals surface area (Å²) >= 11 is 6.06. The van der Waals surface area contributed by atoms with E-state index in [2.05, 4.69) is 39.0 Å². The summed E-state index contributed by atoms with van der Waals surface area (Å²) in [7, 11) is 0. The minimum atomic E-state index is -1.57. The van der Waals surface area contributed by atoms with Crippen LogP contribution in [0.4, 0.5) is 0 Å². The van der Waals surface area contributed by atoms with E-state index in [1.54, 1.807) is 12.1 Å². The minimum absolute atomic E-state index is 0.0664. The van der Waals surface area contributed by atoms with Crippen LogP contribution < -0.4 is 5.73 Å². The first-order chi connectivity index (χ1) is 13.2. The fourth-order valence-electron chi connectivity index (χ4n) is 4.60. The second-order valence-corrected chi connectivity index (χ2v) is 9.18. The van der Waals surface area contributed by atoms with Crippen molar-refractivity contribution in [3.63, 3.8) is 0 Å². The standard InChI is InChI=1S/C23H23ClN4/c1-22(2,3)15-6-9-19-17(10-15)20(14-4-7-16(24)8-5-14)18(11-25)21(28)23(19,12-26)13-27/h4-5,7-9,15,17,20H,6,10,28H2,1-3H3/t15?,17-,20+/m0/s1. The van der Waals surface area contributed by atoms with Gasteiger partial charge >= 0.3 is 0 Å². The van der Waals surface area contributed by atoms with Crippen LogP contribution in [0, 0.1) is 56.7 Å². The van der Waals surface area contributed by atoms with Gasteiger partial charge in [0.2, 0.25) is 5.41 Å². The van der Waals surface area contributed by atoms with Crippen LogP contribution in [0.15, 0.2) is 47.2 Å². The number of nitrogens with two attached hydrogens (primary N) is 1. The van der Waals surface area contributed by atoms with Gasteiger partial charge in [0.15, 0.2) is 0 Å². The van der Waals surface area contributed by atoms with Crippen LogP contribution in [0.3, 0.4) is 0 Å². The van der Waals surface area contributed by atoms with E-state index in [4.69, 9.17) is 17.3 Å². The summed E-state index contributed by atoms with van der Waals surface area (Å²) in [6.45, 7) is 6.61. The highest BCUT2D eigenvalue weighted by Crippen LogP contribution is 2.57. The van der Waals surface area contributed by atoms with Crippen LogP contribution in [0.5, 0.6) is 0 Å². The molecule has 2 aliphatic carbocycles. The normalized spacial score (nSPS) is 26.3. The lowest BCUT2D eigenvalue weighted by Crippen LogP contribution is -2.43. The van der Waals surface area contributed by atoms with Crippen molar-refractivity contribution in [3.8, 4) is 18.2 Å². The summed E-state index contributed by atoms with van der Waals surface area (Å²) in [5.74, 6) is -0.0284. The summed E-state index contributed by atoms with van der Waals surface area (Å²) in [5, 5.41) is 30.4. The molecule has 4 nitrogen and oxygen atoms in total. The molecule has 1 unspecified atom stereocenters. The molecular formula is C23H23ClN4. The Labute approximate surface area is 171 Å². The van der Waals surface area contributed by atoms with Gasteiger partial charge in [-0.1, -0.05) is 50.6 Å². The Morgan fingerprint density at radius 1 is 1.11 bits per heavy atom. The van der Waals surface area contributed by atoms with Gasteiger partial charge in [0.05, 0.1) is 29.5 Å². The summed E-state index contributed by atoms with van der Waals surface area (Å²) in [5.41, 5.74) is 6.89. The Balaban J connectivity index is 2.27. The van der Waals surface area contributed by atoms with E-state index in [1.165, 1.54) is 0 Å². The lowest BCUT2D eigenvalue weighted by Gasteiger charge is -2.46. The van der Waals surface area contributed by atoms with Crippen LogP contribution in [0.1, 0.15) is 45.1 Å². The van der Waals surface area contributed by atoms with Gasteiger partial charge in [-0.25, -0.2) is 0 Å². The monoisotopic (exact) mass is 390 g/mol. The van der Waals surface area contributed by atoms with E-state index in [0.29, 0.717) is 16.5 Å². The third-order valence-electron chi connectivity index (χ3n) is 6.31. The number of nitrogens with zero attached hydrogens (tertiary/aromatic N) is 3. The van der Waals surface area contributed by atoms with Gasteiger partial charge in [-0.2, -0.15) is 15.8 Å². The molecule has 0 saturated carbocycles. The summed E-state index contributed by atoms with van der Waals surface area (Å²) in [6, 6.07) is 13.9. The van der Waals surface area contributed by atoms with E-state index < -0.39 is 5.41 Å². The lowest BCUT2D eigenvalue weighted by molar-refractivity contribution is 0.180. The second kappa shape index (κ2) is 7.01. The topological polar surface area (TPSA) is 97.4 Å². The molecule has 1 aromatic rings. The van der Waals surface area contributed by atoms with Crippen LogP contribution in [0.2, 0.25) is 5.02 Å². The van der Waals surface area contributed by atoms with Gasteiger partial charge in [0.25, 0.3) is 0 Å². The van der Waals surface area contributed by atoms with Crippen molar-refractivity contribution in [2.75, 3.05) is 0 Å². The van der Waals surface area contributed by atoms with Crippen molar-refractivity contribution in [2.24, 2.45) is 28.4 Å². The summed E-state index contributed by atoms with van der Waals surface area (Å²) in [6.07, 6.45) is 3.62. The highest BCUT2D eigenvalue weighted by molar-refractivity contribution is 6.30. The first-order valence-electron chi connectivity index (χ1n) is 9.38. The van der Waals surface area contributed by atoms with Crippen LogP contribution in [-0.4, -0.2) is 0 Å². The quantitative estimate of drug-likeness (QED) is 0.665. The van der Waals surface area contributed by atoms with Crippen LogP contribution >= 0.6 is 11.6 Å². The number of fused-ring (bicyclic) bond motifs is 1. The number of allylic oxidation sites excluding steroid dienone is 3. The zero-order chi connectivity index (χ0) is 20.7. The highest BCUT2D eigenvalue weighted by atomic mass is 35.5. The average molecular weight is 391 g/mol. The Morgan fingerprint density at radius 3 is 2.21 bits per heavy atom. The van der Waals surface area contributed by atoms with Gasteiger partial charge in [-0.05, 0) is 53.4 Å². The van der Waals surface area contributed by atoms with Gasteiger partial charge in [0, 0.05) is 10.9 Å². The van der Waals surface area contributed by atoms with E-state index in [1.807, 2.05) is 18.2 Å². The molecule has 0 fully saturated rings. The molecule has 142 valence electrons. The second-order valence-electron chi connectivity index (χ2n) is 8.74. The van der Waals surface area contributed by atoms with Gasteiger partial charge < -0.3 is 5.73 Å². The zero-order valence-corrected chi connectivity index (χ0v) is 17.1. The predicted octanol–water partition coefficient (Wildman–Crippen LogP) is 5.21.